The third-order valence-corrected chi connectivity index (χ3v) is 2.51. The number of ketones is 1. The SMILES string of the molecule is CC(=O)C(C)(C)N1C=CC=C(N)C1. The van der Waals surface area contributed by atoms with Crippen molar-refractivity contribution < 1.29 is 4.79 Å². The molecular formula is C10H16N2O. The van der Waals surface area contributed by atoms with Crippen LogP contribution in [0.4, 0.5) is 0 Å². The number of rotatable bonds is 2. The summed E-state index contributed by atoms with van der Waals surface area (Å²) in [6.45, 7) is 6.03. The van der Waals surface area contributed by atoms with E-state index in [1.165, 1.54) is 0 Å². The van der Waals surface area contributed by atoms with E-state index in [2.05, 4.69) is 0 Å². The van der Waals surface area contributed by atoms with E-state index in [0.29, 0.717) is 6.54 Å². The van der Waals surface area contributed by atoms with Gasteiger partial charge >= 0.3 is 0 Å². The van der Waals surface area contributed by atoms with Crippen molar-refractivity contribution in [2.75, 3.05) is 6.54 Å². The van der Waals surface area contributed by atoms with Crippen molar-refractivity contribution in [3.05, 3.63) is 24.0 Å². The fraction of sp³-hybridized carbons (Fsp3) is 0.500. The van der Waals surface area contributed by atoms with E-state index in [4.69, 9.17) is 5.73 Å². The van der Waals surface area contributed by atoms with Crippen LogP contribution in [0.15, 0.2) is 24.0 Å². The van der Waals surface area contributed by atoms with E-state index in [0.717, 1.165) is 5.70 Å². The molecule has 0 spiro atoms. The van der Waals surface area contributed by atoms with Gasteiger partial charge in [0.05, 0.1) is 12.1 Å². The maximum Gasteiger partial charge on any atom is 0.154 e. The quantitative estimate of drug-likeness (QED) is 0.690. The largest absolute Gasteiger partial charge is 0.401 e. The Morgan fingerprint density at radius 1 is 1.62 bits per heavy atom. The normalized spacial score (nSPS) is 17.2. The van der Waals surface area contributed by atoms with Crippen LogP contribution in [0.1, 0.15) is 20.8 Å². The molecule has 1 rings (SSSR count). The minimum atomic E-state index is -0.463. The lowest BCUT2D eigenvalue weighted by Crippen LogP contribution is -2.48. The fourth-order valence-electron chi connectivity index (χ4n) is 1.16. The Morgan fingerprint density at radius 2 is 2.23 bits per heavy atom. The molecule has 0 saturated carbocycles. The molecule has 0 radical (unpaired) electrons. The third-order valence-electron chi connectivity index (χ3n) is 2.51. The van der Waals surface area contributed by atoms with Gasteiger partial charge in [-0.15, -0.1) is 0 Å². The van der Waals surface area contributed by atoms with Gasteiger partial charge in [-0.3, -0.25) is 4.79 Å². The Labute approximate surface area is 78.9 Å². The van der Waals surface area contributed by atoms with Crippen LogP contribution < -0.4 is 5.73 Å². The molecule has 3 heteroatoms. The van der Waals surface area contributed by atoms with Crippen molar-refractivity contribution in [3.63, 3.8) is 0 Å². The number of Topliss-reactive ketones (excluding diaryl/α,β-unsaturated/α-hetero) is 1. The summed E-state index contributed by atoms with van der Waals surface area (Å²) < 4.78 is 0. The maximum atomic E-state index is 11.3. The third kappa shape index (κ3) is 1.91. The molecule has 0 unspecified atom stereocenters. The first-order chi connectivity index (χ1) is 5.94. The minimum Gasteiger partial charge on any atom is -0.401 e. The van der Waals surface area contributed by atoms with Gasteiger partial charge in [0.1, 0.15) is 0 Å². The molecule has 1 aliphatic heterocycles. The van der Waals surface area contributed by atoms with Gasteiger partial charge in [0, 0.05) is 11.9 Å². The van der Waals surface area contributed by atoms with Crippen LogP contribution in [0, 0.1) is 0 Å². The van der Waals surface area contributed by atoms with Crippen molar-refractivity contribution in [3.8, 4) is 0 Å². The predicted octanol–water partition coefficient (Wildman–Crippen LogP) is 1.03. The summed E-state index contributed by atoms with van der Waals surface area (Å²) in [6.07, 6.45) is 5.62. The average molecular weight is 180 g/mol. The number of nitrogens with zero attached hydrogens (tertiary/aromatic N) is 1. The number of hydrogen-bond acceptors (Lipinski definition) is 3. The summed E-state index contributed by atoms with van der Waals surface area (Å²) in [6, 6.07) is 0. The first-order valence-corrected chi connectivity index (χ1v) is 4.35. The molecule has 1 aliphatic rings. The highest BCUT2D eigenvalue weighted by Crippen LogP contribution is 2.19. The van der Waals surface area contributed by atoms with E-state index < -0.39 is 5.54 Å². The highest BCUT2D eigenvalue weighted by molar-refractivity contribution is 5.85. The lowest BCUT2D eigenvalue weighted by atomic mass is 9.97. The summed E-state index contributed by atoms with van der Waals surface area (Å²) in [5.41, 5.74) is 6.00. The van der Waals surface area contributed by atoms with Gasteiger partial charge < -0.3 is 10.6 Å². The Balaban J connectivity index is 2.81. The van der Waals surface area contributed by atoms with Crippen LogP contribution in [-0.4, -0.2) is 22.8 Å². The van der Waals surface area contributed by atoms with Crippen LogP contribution in [-0.2, 0) is 4.79 Å². The average Bonchev–Trinajstić information content (AvgIpc) is 2.04. The van der Waals surface area contributed by atoms with Crippen LogP contribution in [0.3, 0.4) is 0 Å². The first-order valence-electron chi connectivity index (χ1n) is 4.35. The van der Waals surface area contributed by atoms with Gasteiger partial charge in [-0.05, 0) is 32.9 Å². The molecule has 0 bridgehead atoms. The molecule has 0 aromatic rings. The zero-order valence-corrected chi connectivity index (χ0v) is 8.37. The highest BCUT2D eigenvalue weighted by atomic mass is 16.1. The Bertz CT molecular complexity index is 277. The van der Waals surface area contributed by atoms with Gasteiger partial charge in [-0.25, -0.2) is 0 Å². The second-order valence-electron chi connectivity index (χ2n) is 3.83. The molecule has 1 heterocycles. The standard InChI is InChI=1S/C10H16N2O/c1-8(13)10(2,3)12-6-4-5-9(11)7-12/h4-6H,7,11H2,1-3H3. The molecule has 2 N–H and O–H groups in total. The van der Waals surface area contributed by atoms with Crippen LogP contribution in [0.5, 0.6) is 0 Å². The lowest BCUT2D eigenvalue weighted by molar-refractivity contribution is -0.125. The highest BCUT2D eigenvalue weighted by Gasteiger charge is 2.30. The smallest absolute Gasteiger partial charge is 0.154 e. The minimum absolute atomic E-state index is 0.145. The second kappa shape index (κ2) is 3.24. The fourth-order valence-corrected chi connectivity index (χ4v) is 1.16. The van der Waals surface area contributed by atoms with Crippen molar-refractivity contribution in [1.29, 1.82) is 0 Å². The number of carbonyl (C=O) groups is 1. The van der Waals surface area contributed by atoms with Crippen LogP contribution in [0.2, 0.25) is 0 Å². The first kappa shape index (κ1) is 9.84. The van der Waals surface area contributed by atoms with Crippen LogP contribution >= 0.6 is 0 Å². The lowest BCUT2D eigenvalue weighted by Gasteiger charge is -2.37. The molecule has 0 aromatic carbocycles. The predicted molar refractivity (Wildman–Crippen MR) is 52.9 cm³/mol. The molecule has 72 valence electrons. The van der Waals surface area contributed by atoms with E-state index >= 15 is 0 Å². The van der Waals surface area contributed by atoms with Crippen molar-refractivity contribution in [2.24, 2.45) is 5.73 Å². The van der Waals surface area contributed by atoms with E-state index in [1.807, 2.05) is 37.1 Å². The maximum absolute atomic E-state index is 11.3. The molecular weight excluding hydrogens is 164 g/mol. The second-order valence-corrected chi connectivity index (χ2v) is 3.83. The Kier molecular flexibility index (Phi) is 2.45. The molecule has 0 fully saturated rings. The Hall–Kier alpha value is -1.25. The molecule has 0 atom stereocenters. The zero-order chi connectivity index (χ0) is 10.1. The van der Waals surface area contributed by atoms with E-state index in [-0.39, 0.29) is 5.78 Å². The van der Waals surface area contributed by atoms with Gasteiger partial charge in [-0.1, -0.05) is 0 Å². The summed E-state index contributed by atoms with van der Waals surface area (Å²) in [4.78, 5) is 13.3. The monoisotopic (exact) mass is 180 g/mol. The number of hydrogen-bond donors (Lipinski definition) is 1. The number of carbonyl (C=O) groups excluding carboxylic acids is 1. The van der Waals surface area contributed by atoms with Crippen molar-refractivity contribution in [1.82, 2.24) is 4.90 Å². The number of allylic oxidation sites excluding steroid dienone is 2. The molecule has 3 nitrogen and oxygen atoms in total. The van der Waals surface area contributed by atoms with Crippen molar-refractivity contribution >= 4 is 5.78 Å². The summed E-state index contributed by atoms with van der Waals surface area (Å²) >= 11 is 0. The Morgan fingerprint density at radius 3 is 2.69 bits per heavy atom. The van der Waals surface area contributed by atoms with Crippen molar-refractivity contribution in [2.45, 2.75) is 26.3 Å². The molecule has 0 aliphatic carbocycles. The molecule has 0 saturated heterocycles. The van der Waals surface area contributed by atoms with Gasteiger partial charge in [0.25, 0.3) is 0 Å². The van der Waals surface area contributed by atoms with Gasteiger partial charge in [0.15, 0.2) is 5.78 Å². The van der Waals surface area contributed by atoms with Gasteiger partial charge in [0.2, 0.25) is 0 Å². The molecule has 0 amide bonds. The van der Waals surface area contributed by atoms with Gasteiger partial charge in [-0.2, -0.15) is 0 Å². The topological polar surface area (TPSA) is 46.3 Å². The number of nitrogens with two attached hydrogens (primary N) is 1. The summed E-state index contributed by atoms with van der Waals surface area (Å²) in [5, 5.41) is 0. The summed E-state index contributed by atoms with van der Waals surface area (Å²) in [5.74, 6) is 0.145. The van der Waals surface area contributed by atoms with E-state index in [1.54, 1.807) is 6.92 Å². The molecule has 13 heavy (non-hydrogen) atoms. The zero-order valence-electron chi connectivity index (χ0n) is 8.37. The van der Waals surface area contributed by atoms with E-state index in [9.17, 15) is 4.79 Å². The van der Waals surface area contributed by atoms with Crippen LogP contribution in [0.25, 0.3) is 0 Å². The summed E-state index contributed by atoms with van der Waals surface area (Å²) in [7, 11) is 0. The molecule has 0 aromatic heterocycles.